The van der Waals surface area contributed by atoms with E-state index >= 15 is 0 Å². The van der Waals surface area contributed by atoms with Crippen molar-refractivity contribution in [1.82, 2.24) is 0 Å². The maximum Gasteiger partial charge on any atom is 0.262 e. The van der Waals surface area contributed by atoms with Crippen LogP contribution in [0.3, 0.4) is 0 Å². The van der Waals surface area contributed by atoms with Crippen LogP contribution >= 0.6 is 0 Å². The van der Waals surface area contributed by atoms with E-state index in [1.807, 2.05) is 0 Å². The Morgan fingerprint density at radius 1 is 1.27 bits per heavy atom. The van der Waals surface area contributed by atoms with Crippen molar-refractivity contribution in [3.63, 3.8) is 0 Å². The summed E-state index contributed by atoms with van der Waals surface area (Å²) < 4.78 is 10.4. The zero-order valence-electron chi connectivity index (χ0n) is 11.9. The second-order valence-electron chi connectivity index (χ2n) is 4.73. The van der Waals surface area contributed by atoms with E-state index in [9.17, 15) is 9.59 Å². The third-order valence-electron chi connectivity index (χ3n) is 3.20. The quantitative estimate of drug-likeness (QED) is 0.911. The number of carbonyl (C=O) groups is 2. The first kappa shape index (κ1) is 13.9. The molecule has 6 nitrogen and oxygen atoms in total. The highest BCUT2D eigenvalue weighted by atomic mass is 16.5. The summed E-state index contributed by atoms with van der Waals surface area (Å²) >= 11 is 0. The van der Waals surface area contributed by atoms with Crippen LogP contribution in [0.4, 0.5) is 11.4 Å². The van der Waals surface area contributed by atoms with Gasteiger partial charge in [0.2, 0.25) is 0 Å². The first-order valence-corrected chi connectivity index (χ1v) is 6.68. The normalized spacial score (nSPS) is 12.7. The first-order chi connectivity index (χ1) is 10.7. The molecule has 2 aromatic rings. The van der Waals surface area contributed by atoms with Gasteiger partial charge in [-0.2, -0.15) is 0 Å². The molecular weight excluding hydrogens is 284 g/mol. The summed E-state index contributed by atoms with van der Waals surface area (Å²) in [4.78, 5) is 23.5. The van der Waals surface area contributed by atoms with Crippen molar-refractivity contribution in [2.24, 2.45) is 0 Å². The Bertz CT molecular complexity index is 743. The van der Waals surface area contributed by atoms with Gasteiger partial charge in [0.1, 0.15) is 11.5 Å². The highest BCUT2D eigenvalue weighted by molar-refractivity contribution is 6.05. The number of fused-ring (bicyclic) bond motifs is 1. The van der Waals surface area contributed by atoms with Gasteiger partial charge in [-0.05, 0) is 36.4 Å². The van der Waals surface area contributed by atoms with Crippen LogP contribution < -0.4 is 20.1 Å². The minimum atomic E-state index is -0.262. The fourth-order valence-electron chi connectivity index (χ4n) is 2.13. The van der Waals surface area contributed by atoms with Gasteiger partial charge in [0.15, 0.2) is 6.61 Å². The van der Waals surface area contributed by atoms with Gasteiger partial charge in [-0.15, -0.1) is 0 Å². The lowest BCUT2D eigenvalue weighted by atomic mass is 10.2. The van der Waals surface area contributed by atoms with Crippen molar-refractivity contribution < 1.29 is 19.1 Å². The summed E-state index contributed by atoms with van der Waals surface area (Å²) in [6.07, 6.45) is 0. The monoisotopic (exact) mass is 298 g/mol. The van der Waals surface area contributed by atoms with Gasteiger partial charge in [0.05, 0.1) is 12.8 Å². The van der Waals surface area contributed by atoms with Crippen molar-refractivity contribution in [3.8, 4) is 11.5 Å². The molecule has 1 aliphatic heterocycles. The van der Waals surface area contributed by atoms with Gasteiger partial charge < -0.3 is 20.1 Å². The maximum atomic E-state index is 12.2. The molecule has 2 amide bonds. The lowest BCUT2D eigenvalue weighted by Gasteiger charge is -2.18. The molecule has 0 spiro atoms. The summed E-state index contributed by atoms with van der Waals surface area (Å²) in [7, 11) is 1.54. The Kier molecular flexibility index (Phi) is 3.65. The Morgan fingerprint density at radius 2 is 2.14 bits per heavy atom. The highest BCUT2D eigenvalue weighted by Crippen LogP contribution is 2.30. The molecule has 3 rings (SSSR count). The topological polar surface area (TPSA) is 76.7 Å². The number of rotatable bonds is 3. The predicted octanol–water partition coefficient (Wildman–Crippen LogP) is 2.28. The van der Waals surface area contributed by atoms with Crippen molar-refractivity contribution in [2.45, 2.75) is 0 Å². The predicted molar refractivity (Wildman–Crippen MR) is 81.5 cm³/mol. The van der Waals surface area contributed by atoms with Crippen LogP contribution in [0.1, 0.15) is 10.4 Å². The fourth-order valence-corrected chi connectivity index (χ4v) is 2.13. The lowest BCUT2D eigenvalue weighted by molar-refractivity contribution is -0.118. The molecule has 0 radical (unpaired) electrons. The van der Waals surface area contributed by atoms with E-state index in [4.69, 9.17) is 9.47 Å². The molecule has 112 valence electrons. The van der Waals surface area contributed by atoms with Gasteiger partial charge in [-0.3, -0.25) is 9.59 Å². The van der Waals surface area contributed by atoms with Gasteiger partial charge in [-0.1, -0.05) is 6.07 Å². The molecule has 0 aromatic heterocycles. The molecule has 0 bridgehead atoms. The Hall–Kier alpha value is -3.02. The molecule has 0 unspecified atom stereocenters. The van der Waals surface area contributed by atoms with E-state index < -0.39 is 0 Å². The Balaban J connectivity index is 1.79. The largest absolute Gasteiger partial charge is 0.497 e. The third-order valence-corrected chi connectivity index (χ3v) is 3.20. The standard InChI is InChI=1S/C16H14N2O4/c1-21-12-4-2-3-10(7-12)16(20)17-11-5-6-14-13(8-11)18-15(19)9-22-14/h2-8H,9H2,1H3,(H,17,20)(H,18,19). The molecule has 1 heterocycles. The molecule has 0 fully saturated rings. The number of benzene rings is 2. The Morgan fingerprint density at radius 3 is 2.95 bits per heavy atom. The number of methoxy groups -OCH3 is 1. The van der Waals surface area contributed by atoms with E-state index in [1.165, 1.54) is 0 Å². The lowest BCUT2D eigenvalue weighted by Crippen LogP contribution is -2.25. The van der Waals surface area contributed by atoms with Crippen LogP contribution in [0.2, 0.25) is 0 Å². The van der Waals surface area contributed by atoms with Crippen molar-refractivity contribution in [3.05, 3.63) is 48.0 Å². The SMILES string of the molecule is COc1cccc(C(=O)Nc2ccc3c(c2)NC(=O)CO3)c1. The van der Waals surface area contributed by atoms with Crippen molar-refractivity contribution >= 4 is 23.2 Å². The van der Waals surface area contributed by atoms with Gasteiger partial charge >= 0.3 is 0 Å². The van der Waals surface area contributed by atoms with Crippen LogP contribution in [-0.4, -0.2) is 25.5 Å². The molecule has 2 N–H and O–H groups in total. The summed E-state index contributed by atoms with van der Waals surface area (Å²) in [6, 6.07) is 11.9. The van der Waals surface area contributed by atoms with Gasteiger partial charge in [0.25, 0.3) is 11.8 Å². The van der Waals surface area contributed by atoms with Crippen molar-refractivity contribution in [1.29, 1.82) is 0 Å². The number of anilines is 2. The van der Waals surface area contributed by atoms with Crippen LogP contribution in [0.5, 0.6) is 11.5 Å². The minimum Gasteiger partial charge on any atom is -0.497 e. The number of carbonyl (C=O) groups excluding carboxylic acids is 2. The van der Waals surface area contributed by atoms with E-state index in [-0.39, 0.29) is 18.4 Å². The second-order valence-corrected chi connectivity index (χ2v) is 4.73. The van der Waals surface area contributed by atoms with Gasteiger partial charge in [-0.25, -0.2) is 0 Å². The van der Waals surface area contributed by atoms with Crippen LogP contribution in [0.15, 0.2) is 42.5 Å². The van der Waals surface area contributed by atoms with Crippen LogP contribution in [0, 0.1) is 0 Å². The first-order valence-electron chi connectivity index (χ1n) is 6.68. The van der Waals surface area contributed by atoms with Crippen LogP contribution in [0.25, 0.3) is 0 Å². The van der Waals surface area contributed by atoms with E-state index in [0.717, 1.165) is 0 Å². The highest BCUT2D eigenvalue weighted by Gasteiger charge is 2.16. The number of amides is 2. The molecule has 0 saturated heterocycles. The zero-order chi connectivity index (χ0) is 15.5. The second kappa shape index (κ2) is 5.77. The number of ether oxygens (including phenoxy) is 2. The molecule has 1 aliphatic rings. The van der Waals surface area contributed by atoms with Gasteiger partial charge in [0, 0.05) is 11.3 Å². The Labute approximate surface area is 127 Å². The molecule has 0 aliphatic carbocycles. The molecule has 0 saturated carbocycles. The summed E-state index contributed by atoms with van der Waals surface area (Å²) in [6.45, 7) is 0.00250. The molecule has 6 heteroatoms. The van der Waals surface area contributed by atoms with Crippen molar-refractivity contribution in [2.75, 3.05) is 24.4 Å². The summed E-state index contributed by atoms with van der Waals surface area (Å²) in [5, 5.41) is 5.47. The van der Waals surface area contributed by atoms with E-state index in [1.54, 1.807) is 49.6 Å². The number of hydrogen-bond acceptors (Lipinski definition) is 4. The van der Waals surface area contributed by atoms with E-state index in [0.29, 0.717) is 28.4 Å². The summed E-state index contributed by atoms with van der Waals surface area (Å²) in [5.74, 6) is 0.711. The summed E-state index contributed by atoms with van der Waals surface area (Å²) in [5.41, 5.74) is 1.59. The van der Waals surface area contributed by atoms with E-state index in [2.05, 4.69) is 10.6 Å². The molecule has 2 aromatic carbocycles. The average Bonchev–Trinajstić information content (AvgIpc) is 2.54. The maximum absolute atomic E-state index is 12.2. The average molecular weight is 298 g/mol. The molecule has 0 atom stereocenters. The number of hydrogen-bond donors (Lipinski definition) is 2. The third kappa shape index (κ3) is 2.85. The zero-order valence-corrected chi connectivity index (χ0v) is 11.9. The smallest absolute Gasteiger partial charge is 0.262 e. The fraction of sp³-hybridized carbons (Fsp3) is 0.125. The molecular formula is C16H14N2O4. The van der Waals surface area contributed by atoms with Crippen LogP contribution in [-0.2, 0) is 4.79 Å². The molecule has 22 heavy (non-hydrogen) atoms. The minimum absolute atomic E-state index is 0.00250. The number of nitrogens with one attached hydrogen (secondary N) is 2.